The van der Waals surface area contributed by atoms with Crippen molar-refractivity contribution in [3.8, 4) is 0 Å². The molecule has 0 fully saturated rings. The third-order valence-electron chi connectivity index (χ3n) is 2.57. The molecule has 0 saturated heterocycles. The molecule has 0 aliphatic rings. The van der Waals surface area contributed by atoms with Crippen molar-refractivity contribution in [1.29, 1.82) is 0 Å². The van der Waals surface area contributed by atoms with Crippen LogP contribution in [0.2, 0.25) is 0 Å². The van der Waals surface area contributed by atoms with Crippen LogP contribution in [-0.4, -0.2) is 0 Å². The first-order valence-electron chi connectivity index (χ1n) is 6.00. The Morgan fingerprint density at radius 3 is 2.23 bits per heavy atom. The summed E-state index contributed by atoms with van der Waals surface area (Å²) in [4.78, 5) is 0. The summed E-state index contributed by atoms with van der Waals surface area (Å²) in [5.41, 5.74) is 0. The van der Waals surface area contributed by atoms with Crippen LogP contribution in [0.3, 0.4) is 0 Å². The molecule has 1 radical (unpaired) electrons. The van der Waals surface area contributed by atoms with Crippen LogP contribution in [-0.2, 0) is 0 Å². The van der Waals surface area contributed by atoms with Crippen LogP contribution in [0.25, 0.3) is 0 Å². The highest BCUT2D eigenvalue weighted by atomic mass is 14.1. The number of hydrogen-bond acceptors (Lipinski definition) is 0. The van der Waals surface area contributed by atoms with Crippen molar-refractivity contribution < 1.29 is 0 Å². The lowest BCUT2D eigenvalue weighted by atomic mass is 9.96. The van der Waals surface area contributed by atoms with E-state index in [0.717, 1.165) is 11.8 Å². The second kappa shape index (κ2) is 8.59. The minimum Gasteiger partial charge on any atom is -0.0654 e. The van der Waals surface area contributed by atoms with Gasteiger partial charge < -0.3 is 0 Å². The number of unbranched alkanes of at least 4 members (excludes halogenated alkanes) is 2. The van der Waals surface area contributed by atoms with E-state index in [0.29, 0.717) is 0 Å². The normalized spacial score (nSPS) is 13.6. The average Bonchev–Trinajstić information content (AvgIpc) is 2.08. The van der Waals surface area contributed by atoms with Crippen molar-refractivity contribution in [3.63, 3.8) is 0 Å². The summed E-state index contributed by atoms with van der Waals surface area (Å²) in [5, 5.41) is 0. The van der Waals surface area contributed by atoms with Gasteiger partial charge in [-0.25, -0.2) is 0 Å². The first kappa shape index (κ1) is 13.0. The van der Waals surface area contributed by atoms with Crippen molar-refractivity contribution in [3.05, 3.63) is 6.42 Å². The van der Waals surface area contributed by atoms with Gasteiger partial charge in [-0.3, -0.25) is 0 Å². The molecular weight excluding hydrogens is 156 g/mol. The van der Waals surface area contributed by atoms with E-state index in [1.165, 1.54) is 38.5 Å². The topological polar surface area (TPSA) is 0 Å². The zero-order valence-corrected chi connectivity index (χ0v) is 9.97. The fraction of sp³-hybridized carbons (Fsp3) is 0.923. The largest absolute Gasteiger partial charge is 0.0654 e. The highest BCUT2D eigenvalue weighted by molar-refractivity contribution is 4.72. The Balaban J connectivity index is 3.12. The smallest absolute Gasteiger partial charge is 0.0358 e. The van der Waals surface area contributed by atoms with Gasteiger partial charge in [-0.2, -0.15) is 0 Å². The van der Waals surface area contributed by atoms with Crippen LogP contribution in [0.1, 0.15) is 66.2 Å². The first-order chi connectivity index (χ1) is 6.16. The summed E-state index contributed by atoms with van der Waals surface area (Å²) >= 11 is 0. The molecule has 0 bridgehead atoms. The maximum Gasteiger partial charge on any atom is -0.0358 e. The first-order valence-corrected chi connectivity index (χ1v) is 6.00. The van der Waals surface area contributed by atoms with E-state index in [-0.39, 0.29) is 0 Å². The summed E-state index contributed by atoms with van der Waals surface area (Å²) in [7, 11) is 0. The lowest BCUT2D eigenvalue weighted by Gasteiger charge is -2.10. The molecule has 0 aliphatic heterocycles. The van der Waals surface area contributed by atoms with Gasteiger partial charge in [0.15, 0.2) is 0 Å². The highest BCUT2D eigenvalue weighted by Gasteiger charge is 2.01. The van der Waals surface area contributed by atoms with Gasteiger partial charge in [0, 0.05) is 0 Å². The second-order valence-corrected chi connectivity index (χ2v) is 4.68. The average molecular weight is 183 g/mol. The molecule has 0 aromatic rings. The van der Waals surface area contributed by atoms with Crippen LogP contribution >= 0.6 is 0 Å². The molecule has 0 nitrogen and oxygen atoms in total. The molecule has 79 valence electrons. The van der Waals surface area contributed by atoms with Crippen molar-refractivity contribution in [2.75, 3.05) is 0 Å². The van der Waals surface area contributed by atoms with E-state index >= 15 is 0 Å². The molecular formula is C13H27. The molecule has 1 unspecified atom stereocenters. The van der Waals surface area contributed by atoms with Crippen LogP contribution in [0.4, 0.5) is 0 Å². The van der Waals surface area contributed by atoms with Crippen LogP contribution in [0.5, 0.6) is 0 Å². The molecule has 0 aromatic heterocycles. The minimum absolute atomic E-state index is 0.840. The van der Waals surface area contributed by atoms with Crippen LogP contribution in [0.15, 0.2) is 0 Å². The van der Waals surface area contributed by atoms with Crippen molar-refractivity contribution >= 4 is 0 Å². The van der Waals surface area contributed by atoms with Gasteiger partial charge in [0.2, 0.25) is 0 Å². The Bertz CT molecular complexity index is 94.2. The number of hydrogen-bond donors (Lipinski definition) is 0. The Morgan fingerprint density at radius 2 is 1.69 bits per heavy atom. The van der Waals surface area contributed by atoms with Gasteiger partial charge in [0.25, 0.3) is 0 Å². The zero-order valence-electron chi connectivity index (χ0n) is 9.97. The van der Waals surface area contributed by atoms with Crippen LogP contribution < -0.4 is 0 Å². The van der Waals surface area contributed by atoms with E-state index in [2.05, 4.69) is 34.1 Å². The second-order valence-electron chi connectivity index (χ2n) is 4.68. The summed E-state index contributed by atoms with van der Waals surface area (Å²) in [5.74, 6) is 1.71. The Labute approximate surface area is 85.1 Å². The third kappa shape index (κ3) is 9.92. The molecule has 1 atom stereocenters. The monoisotopic (exact) mass is 183 g/mol. The Morgan fingerprint density at radius 1 is 1.00 bits per heavy atom. The highest BCUT2D eigenvalue weighted by Crippen LogP contribution is 2.16. The minimum atomic E-state index is 0.840. The van der Waals surface area contributed by atoms with Crippen molar-refractivity contribution in [1.82, 2.24) is 0 Å². The molecule has 0 spiro atoms. The molecule has 0 amide bonds. The van der Waals surface area contributed by atoms with Gasteiger partial charge in [-0.1, -0.05) is 59.8 Å². The molecule has 0 N–H and O–H groups in total. The van der Waals surface area contributed by atoms with Gasteiger partial charge in [-0.15, -0.1) is 0 Å². The van der Waals surface area contributed by atoms with Gasteiger partial charge >= 0.3 is 0 Å². The molecule has 13 heavy (non-hydrogen) atoms. The van der Waals surface area contributed by atoms with E-state index in [4.69, 9.17) is 0 Å². The lowest BCUT2D eigenvalue weighted by Crippen LogP contribution is -1.96. The zero-order chi connectivity index (χ0) is 10.1. The molecule has 0 aliphatic carbocycles. The van der Waals surface area contributed by atoms with E-state index in [1.807, 2.05) is 0 Å². The van der Waals surface area contributed by atoms with E-state index < -0.39 is 0 Å². The lowest BCUT2D eigenvalue weighted by molar-refractivity contribution is 0.508. The maximum atomic E-state index is 2.51. The Hall–Kier alpha value is 0. The standard InChI is InChI=1S/C13H27/c1-5-6-10-13(4)11-8-7-9-12(2)3/h11-13H,5-10H2,1-4H3. The van der Waals surface area contributed by atoms with Crippen LogP contribution in [0, 0.1) is 18.3 Å². The predicted octanol–water partition coefficient (Wildman–Crippen LogP) is 4.84. The molecule has 0 rings (SSSR count). The summed E-state index contributed by atoms with van der Waals surface area (Å²) in [6, 6.07) is 0. The van der Waals surface area contributed by atoms with E-state index in [9.17, 15) is 0 Å². The van der Waals surface area contributed by atoms with Gasteiger partial charge in [-0.05, 0) is 24.7 Å². The predicted molar refractivity (Wildman–Crippen MR) is 61.7 cm³/mol. The third-order valence-corrected chi connectivity index (χ3v) is 2.57. The fourth-order valence-corrected chi connectivity index (χ4v) is 1.57. The van der Waals surface area contributed by atoms with Gasteiger partial charge in [0.05, 0.1) is 0 Å². The number of rotatable bonds is 8. The summed E-state index contributed by atoms with van der Waals surface area (Å²) < 4.78 is 0. The molecule has 0 aromatic carbocycles. The van der Waals surface area contributed by atoms with E-state index in [1.54, 1.807) is 0 Å². The molecule has 0 heterocycles. The van der Waals surface area contributed by atoms with Crippen molar-refractivity contribution in [2.24, 2.45) is 11.8 Å². The Kier molecular flexibility index (Phi) is 8.59. The fourth-order valence-electron chi connectivity index (χ4n) is 1.57. The molecule has 0 saturated carbocycles. The maximum absolute atomic E-state index is 2.51. The van der Waals surface area contributed by atoms with Gasteiger partial charge in [0.1, 0.15) is 0 Å². The summed E-state index contributed by atoms with van der Waals surface area (Å²) in [6.07, 6.45) is 10.7. The molecule has 0 heteroatoms. The quantitative estimate of drug-likeness (QED) is 0.472. The SMILES string of the molecule is CCCCC(C)[CH]CCCC(C)C. The van der Waals surface area contributed by atoms with Crippen molar-refractivity contribution in [2.45, 2.75) is 66.2 Å². The summed E-state index contributed by atoms with van der Waals surface area (Å²) in [6.45, 7) is 9.23.